The number of pyridine rings is 2. The molecule has 2 aliphatic rings. The van der Waals surface area contributed by atoms with Crippen LogP contribution in [0.15, 0.2) is 57.0 Å². The molecule has 0 amide bonds. The van der Waals surface area contributed by atoms with Crippen LogP contribution in [0.2, 0.25) is 0 Å². The first-order valence-corrected chi connectivity index (χ1v) is 12.2. The standard InChI is InChI=1S/C26H19N5O9/c1-2-26(40-21(33)11-29-7-6-20(32)28-25(29)36)16-9-19-22-13(10-30(19)23(34)15(16)12-39-24(26)35)8-14-17(27-22)4-3-5-18(14)31(37)38/h3-9H,2,10-12H2,1H3,(H,28,32,36)/t26-/m0/s1. The summed E-state index contributed by atoms with van der Waals surface area (Å²) in [6.45, 7) is 0.718. The van der Waals surface area contributed by atoms with Gasteiger partial charge in [-0.15, -0.1) is 0 Å². The van der Waals surface area contributed by atoms with Gasteiger partial charge in [-0.3, -0.25) is 34.0 Å². The van der Waals surface area contributed by atoms with Gasteiger partial charge in [-0.1, -0.05) is 13.0 Å². The molecule has 2 aliphatic heterocycles. The van der Waals surface area contributed by atoms with Crippen LogP contribution in [0.4, 0.5) is 5.69 Å². The number of fused-ring (bicyclic) bond motifs is 5. The molecular weight excluding hydrogens is 526 g/mol. The fraction of sp³-hybridized carbons (Fsp3) is 0.231. The molecule has 1 aromatic carbocycles. The molecule has 0 radical (unpaired) electrons. The molecule has 202 valence electrons. The molecule has 0 aliphatic carbocycles. The Morgan fingerprint density at radius 2 is 2.02 bits per heavy atom. The highest BCUT2D eigenvalue weighted by Gasteiger charge is 2.50. The number of aromatic amines is 1. The predicted molar refractivity (Wildman–Crippen MR) is 136 cm³/mol. The number of nitro benzene ring substituents is 1. The number of aromatic nitrogens is 4. The number of nitrogens with zero attached hydrogens (tertiary/aromatic N) is 4. The number of benzene rings is 1. The zero-order chi connectivity index (χ0) is 28.3. The number of rotatable bonds is 5. The van der Waals surface area contributed by atoms with Crippen LogP contribution < -0.4 is 16.8 Å². The van der Waals surface area contributed by atoms with Crippen molar-refractivity contribution < 1.29 is 24.0 Å². The topological polar surface area (TPSA) is 185 Å². The number of carbonyl (C=O) groups excluding carboxylic acids is 2. The van der Waals surface area contributed by atoms with E-state index in [4.69, 9.17) is 9.47 Å². The van der Waals surface area contributed by atoms with Gasteiger partial charge in [0.1, 0.15) is 13.2 Å². The number of H-pyrrole nitrogens is 1. The summed E-state index contributed by atoms with van der Waals surface area (Å²) in [5.74, 6) is -1.85. The Hall–Kier alpha value is -5.40. The Bertz CT molecular complexity index is 1970. The second-order valence-corrected chi connectivity index (χ2v) is 9.38. The van der Waals surface area contributed by atoms with Crippen molar-refractivity contribution in [1.82, 2.24) is 19.1 Å². The van der Waals surface area contributed by atoms with E-state index in [0.717, 1.165) is 16.8 Å². The predicted octanol–water partition coefficient (Wildman–Crippen LogP) is 1.09. The molecule has 0 saturated carbocycles. The summed E-state index contributed by atoms with van der Waals surface area (Å²) in [5, 5.41) is 11.9. The Balaban J connectivity index is 1.47. The van der Waals surface area contributed by atoms with Crippen molar-refractivity contribution in [3.8, 4) is 11.4 Å². The summed E-state index contributed by atoms with van der Waals surface area (Å²) < 4.78 is 13.3. The highest BCUT2D eigenvalue weighted by Crippen LogP contribution is 2.41. The van der Waals surface area contributed by atoms with E-state index in [1.54, 1.807) is 25.1 Å². The summed E-state index contributed by atoms with van der Waals surface area (Å²) in [5.41, 5.74) is -2.13. The molecule has 0 bridgehead atoms. The SMILES string of the molecule is CC[C@@]1(OC(=O)Cn2ccc(=O)[nH]c2=O)C(=O)OCc2c1cc1n(c2=O)Cc2cc3c([N+](=O)[O-])cccc3nc2-1. The maximum atomic E-state index is 13.6. The van der Waals surface area contributed by atoms with Crippen LogP contribution in [-0.2, 0) is 44.4 Å². The molecule has 1 N–H and O–H groups in total. The largest absolute Gasteiger partial charge is 0.457 e. The third-order valence-electron chi connectivity index (χ3n) is 7.18. The number of hydrogen-bond donors (Lipinski definition) is 1. The van der Waals surface area contributed by atoms with Crippen LogP contribution in [-0.4, -0.2) is 36.0 Å². The van der Waals surface area contributed by atoms with Gasteiger partial charge >= 0.3 is 17.6 Å². The molecule has 0 spiro atoms. The van der Waals surface area contributed by atoms with E-state index in [1.165, 1.54) is 16.7 Å². The van der Waals surface area contributed by atoms with Crippen LogP contribution in [0.3, 0.4) is 0 Å². The Morgan fingerprint density at radius 3 is 2.75 bits per heavy atom. The molecule has 4 aromatic rings. The molecule has 3 aromatic heterocycles. The smallest absolute Gasteiger partial charge is 0.355 e. The van der Waals surface area contributed by atoms with Gasteiger partial charge in [-0.25, -0.2) is 14.6 Å². The first kappa shape index (κ1) is 24.9. The molecule has 0 unspecified atom stereocenters. The molecule has 1 atom stereocenters. The van der Waals surface area contributed by atoms with Gasteiger partial charge in [-0.2, -0.15) is 0 Å². The summed E-state index contributed by atoms with van der Waals surface area (Å²) in [6.07, 6.45) is 1.03. The maximum absolute atomic E-state index is 13.6. The van der Waals surface area contributed by atoms with Crippen molar-refractivity contribution in [2.75, 3.05) is 0 Å². The van der Waals surface area contributed by atoms with Crippen molar-refractivity contribution in [3.05, 3.63) is 101 Å². The van der Waals surface area contributed by atoms with Crippen molar-refractivity contribution in [1.29, 1.82) is 0 Å². The third kappa shape index (κ3) is 3.64. The minimum atomic E-state index is -1.98. The zero-order valence-corrected chi connectivity index (χ0v) is 20.8. The number of hydrogen-bond acceptors (Lipinski definition) is 10. The lowest BCUT2D eigenvalue weighted by atomic mass is 9.85. The highest BCUT2D eigenvalue weighted by atomic mass is 16.6. The van der Waals surface area contributed by atoms with E-state index in [-0.39, 0.29) is 36.4 Å². The lowest BCUT2D eigenvalue weighted by molar-refractivity contribution is -0.383. The van der Waals surface area contributed by atoms with Gasteiger partial charge in [0.2, 0.25) is 5.60 Å². The second-order valence-electron chi connectivity index (χ2n) is 9.38. The Labute approximate surface area is 222 Å². The molecule has 0 saturated heterocycles. The fourth-order valence-corrected chi connectivity index (χ4v) is 5.24. The van der Waals surface area contributed by atoms with E-state index < -0.39 is 45.8 Å². The molecule has 0 fully saturated rings. The molecule has 5 heterocycles. The number of non-ortho nitro benzene ring substituents is 1. The van der Waals surface area contributed by atoms with E-state index in [9.17, 15) is 34.1 Å². The molecule has 14 nitrogen and oxygen atoms in total. The fourth-order valence-electron chi connectivity index (χ4n) is 5.24. The van der Waals surface area contributed by atoms with E-state index in [0.29, 0.717) is 27.9 Å². The quantitative estimate of drug-likeness (QED) is 0.190. The second kappa shape index (κ2) is 8.83. The first-order valence-electron chi connectivity index (χ1n) is 12.2. The van der Waals surface area contributed by atoms with Gasteiger partial charge < -0.3 is 14.0 Å². The van der Waals surface area contributed by atoms with Gasteiger partial charge in [0, 0.05) is 29.5 Å². The van der Waals surface area contributed by atoms with Gasteiger partial charge in [-0.05, 0) is 24.6 Å². The molecule has 14 heteroatoms. The van der Waals surface area contributed by atoms with E-state index >= 15 is 0 Å². The highest BCUT2D eigenvalue weighted by molar-refractivity contribution is 5.92. The minimum Gasteiger partial charge on any atom is -0.457 e. The van der Waals surface area contributed by atoms with Crippen LogP contribution in [0.5, 0.6) is 0 Å². The number of nitro groups is 1. The van der Waals surface area contributed by atoms with Crippen LogP contribution in [0.25, 0.3) is 22.3 Å². The summed E-state index contributed by atoms with van der Waals surface area (Å²) in [6, 6.07) is 8.75. The average Bonchev–Trinajstić information content (AvgIpc) is 3.28. The number of nitrogens with one attached hydrogen (secondary N) is 1. The van der Waals surface area contributed by atoms with Crippen molar-refractivity contribution in [2.45, 2.75) is 38.6 Å². The number of esters is 2. The normalized spacial score (nSPS) is 17.1. The van der Waals surface area contributed by atoms with Gasteiger partial charge in [0.15, 0.2) is 0 Å². The lowest BCUT2D eigenvalue weighted by Crippen LogP contribution is -2.48. The molecule has 6 rings (SSSR count). The number of carbonyl (C=O) groups is 2. The number of ether oxygens (including phenoxy) is 2. The summed E-state index contributed by atoms with van der Waals surface area (Å²) in [4.78, 5) is 80.8. The van der Waals surface area contributed by atoms with Crippen molar-refractivity contribution in [2.24, 2.45) is 0 Å². The van der Waals surface area contributed by atoms with Crippen LogP contribution in [0.1, 0.15) is 30.0 Å². The first-order chi connectivity index (χ1) is 19.1. The monoisotopic (exact) mass is 545 g/mol. The number of cyclic esters (lactones) is 1. The average molecular weight is 545 g/mol. The van der Waals surface area contributed by atoms with E-state index in [1.807, 2.05) is 4.98 Å². The summed E-state index contributed by atoms with van der Waals surface area (Å²) in [7, 11) is 0. The summed E-state index contributed by atoms with van der Waals surface area (Å²) >= 11 is 0. The van der Waals surface area contributed by atoms with Crippen LogP contribution in [0, 0.1) is 10.1 Å². The van der Waals surface area contributed by atoms with Gasteiger partial charge in [0.05, 0.1) is 39.3 Å². The lowest BCUT2D eigenvalue weighted by Gasteiger charge is -2.35. The van der Waals surface area contributed by atoms with Gasteiger partial charge in [0.25, 0.3) is 16.8 Å². The van der Waals surface area contributed by atoms with Crippen molar-refractivity contribution >= 4 is 28.5 Å². The van der Waals surface area contributed by atoms with Crippen LogP contribution >= 0.6 is 0 Å². The Kier molecular flexibility index (Phi) is 5.50. The Morgan fingerprint density at radius 1 is 1.23 bits per heavy atom. The van der Waals surface area contributed by atoms with Crippen molar-refractivity contribution in [3.63, 3.8) is 0 Å². The zero-order valence-electron chi connectivity index (χ0n) is 20.8. The molecule has 40 heavy (non-hydrogen) atoms. The molecular formula is C26H19N5O9. The minimum absolute atomic E-state index is 0.0851. The maximum Gasteiger partial charge on any atom is 0.355 e. The van der Waals surface area contributed by atoms with E-state index in [2.05, 4.69) is 4.98 Å². The third-order valence-corrected chi connectivity index (χ3v) is 7.18.